The third-order valence-electron chi connectivity index (χ3n) is 4.24. The van der Waals surface area contributed by atoms with E-state index in [1.54, 1.807) is 11.3 Å². The summed E-state index contributed by atoms with van der Waals surface area (Å²) in [4.78, 5) is 8.64. The van der Waals surface area contributed by atoms with Crippen molar-refractivity contribution in [2.45, 2.75) is 25.3 Å². The molecule has 0 amide bonds. The molecule has 0 aliphatic carbocycles. The number of likely N-dealkylation sites (tertiary alicyclic amines) is 1. The molecule has 1 aromatic heterocycles. The molecule has 2 aromatic rings. The van der Waals surface area contributed by atoms with Crippen molar-refractivity contribution >= 4 is 38.9 Å². The standard InChI is InChI=1S/C17H24N4S2/c1-20(2)11-6-10-18-17(22)21-12-5-8-14(21)16-19-13-7-3-4-9-15(13)23-16/h3-4,7,9,14H,5-6,8,10-12H2,1-2H3,(H,18,22)/p+1/t14-/m0/s1. The summed E-state index contributed by atoms with van der Waals surface area (Å²) >= 11 is 7.44. The number of para-hydroxylation sites is 1. The zero-order valence-electron chi connectivity index (χ0n) is 13.8. The maximum absolute atomic E-state index is 5.64. The normalized spacial score (nSPS) is 18.0. The molecule has 124 valence electrons. The molecule has 0 radical (unpaired) electrons. The molecule has 0 saturated carbocycles. The monoisotopic (exact) mass is 349 g/mol. The van der Waals surface area contributed by atoms with Crippen LogP contribution in [-0.2, 0) is 0 Å². The van der Waals surface area contributed by atoms with Gasteiger partial charge in [-0.15, -0.1) is 11.3 Å². The lowest BCUT2D eigenvalue weighted by Gasteiger charge is -2.26. The minimum atomic E-state index is 0.340. The van der Waals surface area contributed by atoms with Crippen LogP contribution in [0.4, 0.5) is 0 Å². The Labute approximate surface area is 147 Å². The Balaban J connectivity index is 1.64. The quantitative estimate of drug-likeness (QED) is 0.637. The number of thiazole rings is 1. The number of nitrogens with zero attached hydrogens (tertiary/aromatic N) is 2. The van der Waals surface area contributed by atoms with Crippen LogP contribution < -0.4 is 10.2 Å². The fraction of sp³-hybridized carbons (Fsp3) is 0.529. The summed E-state index contributed by atoms with van der Waals surface area (Å²) in [6.07, 6.45) is 3.47. The van der Waals surface area contributed by atoms with Gasteiger partial charge in [-0.3, -0.25) is 0 Å². The van der Waals surface area contributed by atoms with Crippen molar-refractivity contribution in [2.24, 2.45) is 0 Å². The lowest BCUT2D eigenvalue weighted by atomic mass is 10.2. The highest BCUT2D eigenvalue weighted by atomic mass is 32.1. The van der Waals surface area contributed by atoms with E-state index in [4.69, 9.17) is 17.2 Å². The van der Waals surface area contributed by atoms with Gasteiger partial charge in [0.1, 0.15) is 5.01 Å². The van der Waals surface area contributed by atoms with Gasteiger partial charge >= 0.3 is 0 Å². The fourth-order valence-corrected chi connectivity index (χ4v) is 4.47. The summed E-state index contributed by atoms with van der Waals surface area (Å²) in [6.45, 7) is 3.15. The van der Waals surface area contributed by atoms with Crippen LogP contribution in [0.25, 0.3) is 10.2 Å². The van der Waals surface area contributed by atoms with Gasteiger partial charge in [0.15, 0.2) is 5.11 Å². The lowest BCUT2D eigenvalue weighted by Crippen LogP contribution is -3.05. The molecule has 1 saturated heterocycles. The Hall–Kier alpha value is -1.24. The van der Waals surface area contributed by atoms with Crippen LogP contribution in [0.2, 0.25) is 0 Å². The number of hydrogen-bond donors (Lipinski definition) is 2. The van der Waals surface area contributed by atoms with Crippen molar-refractivity contribution in [3.63, 3.8) is 0 Å². The van der Waals surface area contributed by atoms with Crippen LogP contribution in [0, 0.1) is 0 Å². The number of fused-ring (bicyclic) bond motifs is 1. The maximum Gasteiger partial charge on any atom is 0.169 e. The molecule has 1 aliphatic heterocycles. The van der Waals surface area contributed by atoms with E-state index in [-0.39, 0.29) is 0 Å². The van der Waals surface area contributed by atoms with Crippen molar-refractivity contribution in [1.29, 1.82) is 0 Å². The number of benzene rings is 1. The van der Waals surface area contributed by atoms with Crippen LogP contribution in [0.5, 0.6) is 0 Å². The van der Waals surface area contributed by atoms with E-state index in [9.17, 15) is 0 Å². The summed E-state index contributed by atoms with van der Waals surface area (Å²) in [6, 6.07) is 8.71. The van der Waals surface area contributed by atoms with Gasteiger partial charge in [-0.1, -0.05) is 12.1 Å². The molecule has 4 nitrogen and oxygen atoms in total. The second-order valence-electron chi connectivity index (χ2n) is 6.41. The molecule has 2 N–H and O–H groups in total. The fourth-order valence-electron chi connectivity index (χ4n) is 3.04. The van der Waals surface area contributed by atoms with Gasteiger partial charge in [-0.25, -0.2) is 4.98 Å². The molecule has 2 heterocycles. The first-order valence-corrected chi connectivity index (χ1v) is 9.56. The smallest absolute Gasteiger partial charge is 0.169 e. The largest absolute Gasteiger partial charge is 0.362 e. The topological polar surface area (TPSA) is 32.6 Å². The number of nitrogens with one attached hydrogen (secondary N) is 2. The van der Waals surface area contributed by atoms with Crippen molar-refractivity contribution in [1.82, 2.24) is 15.2 Å². The summed E-state index contributed by atoms with van der Waals surface area (Å²) < 4.78 is 1.27. The highest BCUT2D eigenvalue weighted by Crippen LogP contribution is 2.36. The van der Waals surface area contributed by atoms with Gasteiger partial charge in [-0.05, 0) is 37.2 Å². The second-order valence-corrected chi connectivity index (χ2v) is 7.86. The summed E-state index contributed by atoms with van der Waals surface area (Å²) in [7, 11) is 4.36. The van der Waals surface area contributed by atoms with Crippen LogP contribution in [0.15, 0.2) is 24.3 Å². The number of rotatable bonds is 5. The second kappa shape index (κ2) is 7.55. The van der Waals surface area contributed by atoms with Crippen LogP contribution >= 0.6 is 23.6 Å². The Morgan fingerprint density at radius 3 is 3.04 bits per heavy atom. The zero-order chi connectivity index (χ0) is 16.2. The predicted octanol–water partition coefficient (Wildman–Crippen LogP) is 1.84. The van der Waals surface area contributed by atoms with Crippen LogP contribution in [0.3, 0.4) is 0 Å². The van der Waals surface area contributed by atoms with E-state index in [1.165, 1.54) is 21.0 Å². The molecule has 6 heteroatoms. The van der Waals surface area contributed by atoms with E-state index in [1.807, 2.05) is 0 Å². The minimum Gasteiger partial charge on any atom is -0.362 e. The molecule has 0 unspecified atom stereocenters. The van der Waals surface area contributed by atoms with Crippen LogP contribution in [-0.4, -0.2) is 48.7 Å². The highest BCUT2D eigenvalue weighted by molar-refractivity contribution is 7.80. The number of hydrogen-bond acceptors (Lipinski definition) is 3. The zero-order valence-corrected chi connectivity index (χ0v) is 15.5. The van der Waals surface area contributed by atoms with Crippen molar-refractivity contribution in [2.75, 3.05) is 33.7 Å². The first-order chi connectivity index (χ1) is 11.1. The number of quaternary nitrogens is 1. The van der Waals surface area contributed by atoms with Crippen molar-refractivity contribution in [3.8, 4) is 0 Å². The average molecular weight is 350 g/mol. The Morgan fingerprint density at radius 1 is 1.43 bits per heavy atom. The molecule has 23 heavy (non-hydrogen) atoms. The van der Waals surface area contributed by atoms with Crippen molar-refractivity contribution < 1.29 is 4.90 Å². The molecule has 3 rings (SSSR count). The Morgan fingerprint density at radius 2 is 2.26 bits per heavy atom. The van der Waals surface area contributed by atoms with Gasteiger partial charge in [0, 0.05) is 19.5 Å². The molecule has 0 spiro atoms. The summed E-state index contributed by atoms with van der Waals surface area (Å²) in [5, 5.41) is 5.52. The summed E-state index contributed by atoms with van der Waals surface area (Å²) in [5.74, 6) is 0. The van der Waals surface area contributed by atoms with Gasteiger partial charge in [-0.2, -0.15) is 0 Å². The van der Waals surface area contributed by atoms with Gasteiger partial charge < -0.3 is 15.1 Å². The molecular formula is C17H25N4S2+. The lowest BCUT2D eigenvalue weighted by molar-refractivity contribution is -0.858. The van der Waals surface area contributed by atoms with Crippen molar-refractivity contribution in [3.05, 3.63) is 29.3 Å². The predicted molar refractivity (Wildman–Crippen MR) is 101 cm³/mol. The average Bonchev–Trinajstić information content (AvgIpc) is 3.16. The van der Waals surface area contributed by atoms with E-state index in [0.717, 1.165) is 43.1 Å². The minimum absolute atomic E-state index is 0.340. The summed E-state index contributed by atoms with van der Waals surface area (Å²) in [5.41, 5.74) is 1.10. The number of thiocarbonyl (C=S) groups is 1. The molecule has 1 aliphatic rings. The molecule has 1 atom stereocenters. The first-order valence-electron chi connectivity index (χ1n) is 8.34. The van der Waals surface area contributed by atoms with E-state index < -0.39 is 0 Å². The molecule has 1 fully saturated rings. The first kappa shape index (κ1) is 16.6. The van der Waals surface area contributed by atoms with E-state index in [2.05, 4.69) is 48.6 Å². The molecule has 0 bridgehead atoms. The van der Waals surface area contributed by atoms with Crippen LogP contribution in [0.1, 0.15) is 30.3 Å². The van der Waals surface area contributed by atoms with Gasteiger partial charge in [0.25, 0.3) is 0 Å². The van der Waals surface area contributed by atoms with E-state index >= 15 is 0 Å². The third-order valence-corrected chi connectivity index (χ3v) is 5.76. The van der Waals surface area contributed by atoms with Gasteiger partial charge in [0.05, 0.1) is 36.9 Å². The maximum atomic E-state index is 5.64. The van der Waals surface area contributed by atoms with Gasteiger partial charge in [0.2, 0.25) is 0 Å². The number of aromatic nitrogens is 1. The Kier molecular flexibility index (Phi) is 5.46. The highest BCUT2D eigenvalue weighted by Gasteiger charge is 2.30. The molecule has 1 aromatic carbocycles. The SMILES string of the molecule is C[NH+](C)CCCNC(=S)N1CCC[C@H]1c1nc2ccccc2s1. The molecular weight excluding hydrogens is 324 g/mol. The van der Waals surface area contributed by atoms with E-state index in [0.29, 0.717) is 6.04 Å². The Bertz CT molecular complexity index is 634. The third kappa shape index (κ3) is 4.00.